The molecule has 3 aromatic rings. The topological polar surface area (TPSA) is 84.2 Å². The van der Waals surface area contributed by atoms with Gasteiger partial charge in [0.2, 0.25) is 10.0 Å². The van der Waals surface area contributed by atoms with Gasteiger partial charge < -0.3 is 4.90 Å². The molecule has 0 spiro atoms. The normalized spacial score (nSPS) is 15.5. The van der Waals surface area contributed by atoms with Gasteiger partial charge in [-0.25, -0.2) is 23.1 Å². The van der Waals surface area contributed by atoms with Crippen LogP contribution < -0.4 is 4.90 Å². The van der Waals surface area contributed by atoms with Crippen molar-refractivity contribution in [2.75, 3.05) is 31.1 Å². The number of hydrogen-bond donors (Lipinski definition) is 0. The lowest BCUT2D eigenvalue weighted by molar-refractivity contribution is 0.383. The first-order valence-corrected chi connectivity index (χ1v) is 11.5. The van der Waals surface area contributed by atoms with E-state index >= 15 is 0 Å². The zero-order valence-electron chi connectivity index (χ0n) is 17.5. The molecule has 0 unspecified atom stereocenters. The molecule has 1 aromatic carbocycles. The minimum Gasteiger partial charge on any atom is -0.354 e. The average Bonchev–Trinajstić information content (AvgIpc) is 3.12. The smallest absolute Gasteiger partial charge is 0.243 e. The highest BCUT2D eigenvalue weighted by molar-refractivity contribution is 7.89. The molecule has 9 heteroatoms. The summed E-state index contributed by atoms with van der Waals surface area (Å²) in [7, 11) is -3.49. The Morgan fingerprint density at radius 3 is 2.20 bits per heavy atom. The summed E-state index contributed by atoms with van der Waals surface area (Å²) >= 11 is 0. The van der Waals surface area contributed by atoms with Gasteiger partial charge in [0.15, 0.2) is 5.82 Å². The number of piperazine rings is 1. The lowest BCUT2D eigenvalue weighted by Crippen LogP contribution is -2.49. The van der Waals surface area contributed by atoms with E-state index in [1.165, 1.54) is 6.33 Å². The molecule has 1 aliphatic heterocycles. The Hall–Kier alpha value is -2.78. The molecule has 2 aromatic heterocycles. The van der Waals surface area contributed by atoms with Gasteiger partial charge >= 0.3 is 0 Å². The molecule has 158 valence electrons. The van der Waals surface area contributed by atoms with Crippen LogP contribution in [0, 0.1) is 13.8 Å². The van der Waals surface area contributed by atoms with E-state index in [4.69, 9.17) is 0 Å². The Labute approximate surface area is 177 Å². The van der Waals surface area contributed by atoms with Crippen molar-refractivity contribution < 1.29 is 8.42 Å². The lowest BCUT2D eigenvalue weighted by Gasteiger charge is -2.34. The predicted octanol–water partition coefficient (Wildman–Crippen LogP) is 2.35. The van der Waals surface area contributed by atoms with Crippen molar-refractivity contribution in [3.8, 4) is 5.82 Å². The van der Waals surface area contributed by atoms with Crippen molar-refractivity contribution in [1.29, 1.82) is 0 Å². The van der Waals surface area contributed by atoms with Crippen LogP contribution in [0.15, 0.2) is 47.6 Å². The fraction of sp³-hybridized carbons (Fsp3) is 0.381. The van der Waals surface area contributed by atoms with Crippen molar-refractivity contribution in [3.63, 3.8) is 0 Å². The number of benzene rings is 1. The predicted molar refractivity (Wildman–Crippen MR) is 115 cm³/mol. The van der Waals surface area contributed by atoms with Crippen LogP contribution in [0.4, 0.5) is 5.82 Å². The zero-order valence-corrected chi connectivity index (χ0v) is 18.3. The molecule has 8 nitrogen and oxygen atoms in total. The third-order valence-corrected chi connectivity index (χ3v) is 7.31. The highest BCUT2D eigenvalue weighted by Crippen LogP contribution is 2.21. The molecule has 1 fully saturated rings. The van der Waals surface area contributed by atoms with E-state index in [2.05, 4.69) is 26.9 Å². The third kappa shape index (κ3) is 3.95. The van der Waals surface area contributed by atoms with Gasteiger partial charge in [-0.1, -0.05) is 19.1 Å². The number of aryl methyl sites for hydroxylation is 3. The number of hydrogen-bond acceptors (Lipinski definition) is 6. The first-order chi connectivity index (χ1) is 14.4. The quantitative estimate of drug-likeness (QED) is 0.623. The monoisotopic (exact) mass is 426 g/mol. The minimum atomic E-state index is -3.49. The average molecular weight is 427 g/mol. The minimum absolute atomic E-state index is 0.349. The van der Waals surface area contributed by atoms with Crippen LogP contribution in [-0.4, -0.2) is 58.7 Å². The van der Waals surface area contributed by atoms with Crippen LogP contribution in [0.2, 0.25) is 0 Å². The van der Waals surface area contributed by atoms with Crippen LogP contribution >= 0.6 is 0 Å². The number of sulfonamides is 1. The Bertz CT molecular complexity index is 1130. The van der Waals surface area contributed by atoms with Gasteiger partial charge in [0.05, 0.1) is 10.6 Å². The van der Waals surface area contributed by atoms with Crippen LogP contribution in [-0.2, 0) is 16.4 Å². The summed E-state index contributed by atoms with van der Waals surface area (Å²) in [6, 6.07) is 11.1. The van der Waals surface area contributed by atoms with Crippen LogP contribution in [0.25, 0.3) is 5.82 Å². The second-order valence-corrected chi connectivity index (χ2v) is 9.40. The van der Waals surface area contributed by atoms with E-state index in [1.54, 1.807) is 21.1 Å². The summed E-state index contributed by atoms with van der Waals surface area (Å²) in [5.41, 5.74) is 3.06. The summed E-state index contributed by atoms with van der Waals surface area (Å²) in [5, 5.41) is 4.48. The van der Waals surface area contributed by atoms with Crippen molar-refractivity contribution in [2.45, 2.75) is 32.1 Å². The van der Waals surface area contributed by atoms with Gasteiger partial charge in [0.25, 0.3) is 0 Å². The SMILES string of the molecule is CCc1ccc(S(=O)(=O)N2CCN(c3cc(-n4nc(C)cc4C)ncn3)CC2)cc1. The first kappa shape index (κ1) is 20.5. The summed E-state index contributed by atoms with van der Waals surface area (Å²) in [6.07, 6.45) is 2.41. The Balaban J connectivity index is 1.48. The molecule has 1 aliphatic rings. The van der Waals surface area contributed by atoms with E-state index in [1.807, 2.05) is 38.1 Å². The van der Waals surface area contributed by atoms with E-state index in [-0.39, 0.29) is 0 Å². The van der Waals surface area contributed by atoms with Gasteiger partial charge in [-0.15, -0.1) is 0 Å². The van der Waals surface area contributed by atoms with E-state index in [0.29, 0.717) is 36.9 Å². The van der Waals surface area contributed by atoms with E-state index in [0.717, 1.165) is 29.2 Å². The van der Waals surface area contributed by atoms with Crippen molar-refractivity contribution in [3.05, 3.63) is 59.7 Å². The fourth-order valence-corrected chi connectivity index (χ4v) is 5.11. The summed E-state index contributed by atoms with van der Waals surface area (Å²) in [6.45, 7) is 7.95. The maximum absolute atomic E-state index is 13.0. The Morgan fingerprint density at radius 1 is 0.933 bits per heavy atom. The van der Waals surface area contributed by atoms with E-state index < -0.39 is 10.0 Å². The summed E-state index contributed by atoms with van der Waals surface area (Å²) < 4.78 is 29.3. The molecule has 0 atom stereocenters. The lowest BCUT2D eigenvalue weighted by atomic mass is 10.2. The number of rotatable bonds is 5. The van der Waals surface area contributed by atoms with E-state index in [9.17, 15) is 8.42 Å². The molecule has 0 saturated carbocycles. The zero-order chi connectivity index (χ0) is 21.3. The van der Waals surface area contributed by atoms with Gasteiger partial charge in [-0.3, -0.25) is 0 Å². The number of nitrogens with zero attached hydrogens (tertiary/aromatic N) is 6. The molecule has 0 bridgehead atoms. The molecule has 0 N–H and O–H groups in total. The Morgan fingerprint density at radius 2 is 1.60 bits per heavy atom. The van der Waals surface area contributed by atoms with Crippen LogP contribution in [0.5, 0.6) is 0 Å². The Kier molecular flexibility index (Phi) is 5.57. The number of anilines is 1. The highest BCUT2D eigenvalue weighted by atomic mass is 32.2. The second-order valence-electron chi connectivity index (χ2n) is 7.46. The fourth-order valence-electron chi connectivity index (χ4n) is 3.69. The molecule has 0 amide bonds. The molecule has 3 heterocycles. The summed E-state index contributed by atoms with van der Waals surface area (Å²) in [5.74, 6) is 1.48. The standard InChI is InChI=1S/C21H26N6O2S/c1-4-18-5-7-19(8-6-18)30(28,29)26-11-9-25(10-12-26)20-14-21(23-15-22-20)27-17(3)13-16(2)24-27/h5-8,13-15H,4,9-12H2,1-3H3. The maximum atomic E-state index is 13.0. The van der Waals surface area contributed by atoms with Gasteiger partial charge in [-0.05, 0) is 44.0 Å². The van der Waals surface area contributed by atoms with Gasteiger partial charge in [0.1, 0.15) is 12.1 Å². The van der Waals surface area contributed by atoms with Crippen molar-refractivity contribution >= 4 is 15.8 Å². The molecular formula is C21H26N6O2S. The van der Waals surface area contributed by atoms with Gasteiger partial charge in [0, 0.05) is 37.9 Å². The van der Waals surface area contributed by atoms with Gasteiger partial charge in [-0.2, -0.15) is 9.40 Å². The first-order valence-electron chi connectivity index (χ1n) is 10.1. The molecule has 0 aliphatic carbocycles. The van der Waals surface area contributed by atoms with Crippen LogP contribution in [0.1, 0.15) is 23.9 Å². The third-order valence-electron chi connectivity index (χ3n) is 5.40. The molecular weight excluding hydrogens is 400 g/mol. The molecule has 30 heavy (non-hydrogen) atoms. The highest BCUT2D eigenvalue weighted by Gasteiger charge is 2.29. The maximum Gasteiger partial charge on any atom is 0.243 e. The molecule has 4 rings (SSSR count). The van der Waals surface area contributed by atoms with Crippen LogP contribution in [0.3, 0.4) is 0 Å². The molecule has 0 radical (unpaired) electrons. The second kappa shape index (κ2) is 8.16. The summed E-state index contributed by atoms with van der Waals surface area (Å²) in [4.78, 5) is 11.2. The largest absolute Gasteiger partial charge is 0.354 e. The number of aromatic nitrogens is 4. The van der Waals surface area contributed by atoms with Crippen molar-refractivity contribution in [1.82, 2.24) is 24.1 Å². The van der Waals surface area contributed by atoms with Crippen molar-refractivity contribution in [2.24, 2.45) is 0 Å². The molecule has 1 saturated heterocycles.